The van der Waals surface area contributed by atoms with Crippen LogP contribution in [0.1, 0.15) is 11.1 Å². The highest BCUT2D eigenvalue weighted by Gasteiger charge is 2.16. The lowest BCUT2D eigenvalue weighted by atomic mass is 10.2. The molecular formula is C13H8BrN3O3. The molecule has 0 saturated heterocycles. The van der Waals surface area contributed by atoms with E-state index in [1.54, 1.807) is 12.4 Å². The first kappa shape index (κ1) is 14.0. The van der Waals surface area contributed by atoms with Gasteiger partial charge in [-0.05, 0) is 34.1 Å². The number of halogens is 1. The number of aromatic nitrogens is 1. The van der Waals surface area contributed by atoms with Gasteiger partial charge in [-0.15, -0.1) is 0 Å². The van der Waals surface area contributed by atoms with Gasteiger partial charge in [0, 0.05) is 28.5 Å². The van der Waals surface area contributed by atoms with Gasteiger partial charge in [-0.3, -0.25) is 15.1 Å². The van der Waals surface area contributed by atoms with Gasteiger partial charge in [0.05, 0.1) is 16.6 Å². The molecule has 7 heteroatoms. The van der Waals surface area contributed by atoms with E-state index >= 15 is 0 Å². The Morgan fingerprint density at radius 2 is 2.20 bits per heavy atom. The average Bonchev–Trinajstić information content (AvgIpc) is 2.45. The van der Waals surface area contributed by atoms with E-state index in [0.29, 0.717) is 0 Å². The molecule has 0 spiro atoms. The Hall–Kier alpha value is -2.46. The van der Waals surface area contributed by atoms with E-state index in [1.807, 2.05) is 12.1 Å². The molecule has 20 heavy (non-hydrogen) atoms. The molecule has 1 heterocycles. The first-order valence-electron chi connectivity index (χ1n) is 5.51. The van der Waals surface area contributed by atoms with Gasteiger partial charge in [-0.1, -0.05) is 0 Å². The van der Waals surface area contributed by atoms with Crippen LogP contribution in [-0.4, -0.2) is 9.91 Å². The molecule has 2 rings (SSSR count). The van der Waals surface area contributed by atoms with Crippen LogP contribution in [0.5, 0.6) is 5.75 Å². The maximum atomic E-state index is 11.0. The maximum Gasteiger partial charge on any atom is 0.312 e. The molecule has 0 amide bonds. The summed E-state index contributed by atoms with van der Waals surface area (Å²) in [5, 5.41) is 19.7. The number of hydrogen-bond donors (Lipinski definition) is 0. The minimum absolute atomic E-state index is 0.119. The average molecular weight is 334 g/mol. The Bertz CT molecular complexity index is 698. The summed E-state index contributed by atoms with van der Waals surface area (Å²) >= 11 is 3.28. The quantitative estimate of drug-likeness (QED) is 0.633. The zero-order valence-electron chi connectivity index (χ0n) is 10.1. The minimum atomic E-state index is -0.574. The molecule has 0 aliphatic carbocycles. The molecule has 0 aliphatic heterocycles. The summed E-state index contributed by atoms with van der Waals surface area (Å²) in [5.74, 6) is 0.119. The minimum Gasteiger partial charge on any atom is -0.482 e. The van der Waals surface area contributed by atoms with Crippen molar-refractivity contribution >= 4 is 21.6 Å². The Balaban J connectivity index is 2.21. The maximum absolute atomic E-state index is 11.0. The van der Waals surface area contributed by atoms with Crippen molar-refractivity contribution < 1.29 is 9.66 Å². The molecule has 0 aliphatic rings. The smallest absolute Gasteiger partial charge is 0.312 e. The lowest BCUT2D eigenvalue weighted by Crippen LogP contribution is -2.00. The third-order valence-electron chi connectivity index (χ3n) is 2.44. The van der Waals surface area contributed by atoms with Crippen LogP contribution in [0.15, 0.2) is 41.1 Å². The van der Waals surface area contributed by atoms with Crippen molar-refractivity contribution in [3.8, 4) is 11.8 Å². The number of nitrogens with zero attached hydrogens (tertiary/aromatic N) is 3. The fraction of sp³-hybridized carbons (Fsp3) is 0.0769. The van der Waals surface area contributed by atoms with Gasteiger partial charge < -0.3 is 4.74 Å². The first-order valence-corrected chi connectivity index (χ1v) is 6.30. The first-order chi connectivity index (χ1) is 9.60. The standard InChI is InChI=1S/C13H8BrN3O3/c14-11-3-10(6-16-7-11)8-20-13-2-1-9(5-15)4-12(13)17(18)19/h1-4,6-7H,8H2. The third-order valence-corrected chi connectivity index (χ3v) is 2.87. The third kappa shape index (κ3) is 3.30. The molecule has 0 N–H and O–H groups in total. The van der Waals surface area contributed by atoms with E-state index < -0.39 is 4.92 Å². The van der Waals surface area contributed by atoms with Crippen LogP contribution < -0.4 is 4.74 Å². The largest absolute Gasteiger partial charge is 0.482 e. The number of nitro groups is 1. The summed E-state index contributed by atoms with van der Waals surface area (Å²) in [6.07, 6.45) is 3.24. The van der Waals surface area contributed by atoms with Crippen LogP contribution in [0.25, 0.3) is 0 Å². The number of nitriles is 1. The zero-order chi connectivity index (χ0) is 14.5. The second kappa shape index (κ2) is 6.12. The highest BCUT2D eigenvalue weighted by molar-refractivity contribution is 9.10. The molecule has 0 unspecified atom stereocenters. The fourth-order valence-electron chi connectivity index (χ4n) is 1.55. The molecule has 0 atom stereocenters. The topological polar surface area (TPSA) is 89.0 Å². The van der Waals surface area contributed by atoms with Crippen LogP contribution >= 0.6 is 15.9 Å². The van der Waals surface area contributed by atoms with E-state index in [2.05, 4.69) is 20.9 Å². The predicted octanol–water partition coefficient (Wildman–Crippen LogP) is 3.20. The van der Waals surface area contributed by atoms with Crippen LogP contribution in [0, 0.1) is 21.4 Å². The Labute approximate surface area is 122 Å². The van der Waals surface area contributed by atoms with Crippen LogP contribution in [0.4, 0.5) is 5.69 Å². The summed E-state index contributed by atoms with van der Waals surface area (Å²) < 4.78 is 6.23. The second-order valence-corrected chi connectivity index (χ2v) is 4.77. The van der Waals surface area contributed by atoms with Crippen molar-refractivity contribution in [3.63, 3.8) is 0 Å². The molecule has 6 nitrogen and oxygen atoms in total. The molecule has 0 fully saturated rings. The second-order valence-electron chi connectivity index (χ2n) is 3.85. The van der Waals surface area contributed by atoms with Crippen molar-refractivity contribution in [1.82, 2.24) is 4.98 Å². The summed E-state index contributed by atoms with van der Waals surface area (Å²) in [4.78, 5) is 14.4. The fourth-order valence-corrected chi connectivity index (χ4v) is 1.96. The van der Waals surface area contributed by atoms with E-state index in [4.69, 9.17) is 10.00 Å². The van der Waals surface area contributed by atoms with Crippen LogP contribution in [-0.2, 0) is 6.61 Å². The van der Waals surface area contributed by atoms with E-state index in [0.717, 1.165) is 10.0 Å². The molecule has 0 bridgehead atoms. The molecular weight excluding hydrogens is 326 g/mol. The van der Waals surface area contributed by atoms with Gasteiger partial charge in [0.2, 0.25) is 0 Å². The zero-order valence-corrected chi connectivity index (χ0v) is 11.7. The predicted molar refractivity (Wildman–Crippen MR) is 74.1 cm³/mol. The normalized spacial score (nSPS) is 9.80. The van der Waals surface area contributed by atoms with Crippen molar-refractivity contribution in [2.45, 2.75) is 6.61 Å². The van der Waals surface area contributed by atoms with Crippen LogP contribution in [0.2, 0.25) is 0 Å². The monoisotopic (exact) mass is 333 g/mol. The van der Waals surface area contributed by atoms with Gasteiger partial charge >= 0.3 is 5.69 Å². The molecule has 1 aromatic carbocycles. The number of pyridine rings is 1. The SMILES string of the molecule is N#Cc1ccc(OCc2cncc(Br)c2)c([N+](=O)[O-])c1. The van der Waals surface area contributed by atoms with E-state index in [-0.39, 0.29) is 23.6 Å². The number of hydrogen-bond acceptors (Lipinski definition) is 5. The molecule has 1 aromatic heterocycles. The van der Waals surface area contributed by atoms with Crippen molar-refractivity contribution in [1.29, 1.82) is 5.26 Å². The van der Waals surface area contributed by atoms with Crippen LogP contribution in [0.3, 0.4) is 0 Å². The highest BCUT2D eigenvalue weighted by atomic mass is 79.9. The van der Waals surface area contributed by atoms with Gasteiger partial charge in [0.1, 0.15) is 6.61 Å². The lowest BCUT2D eigenvalue weighted by molar-refractivity contribution is -0.386. The molecule has 0 saturated carbocycles. The number of rotatable bonds is 4. The highest BCUT2D eigenvalue weighted by Crippen LogP contribution is 2.28. The number of ether oxygens (including phenoxy) is 1. The summed E-state index contributed by atoms with van der Waals surface area (Å²) in [6.45, 7) is 0.152. The van der Waals surface area contributed by atoms with E-state index in [9.17, 15) is 10.1 Å². The Kier molecular flexibility index (Phi) is 4.27. The number of benzene rings is 1. The Morgan fingerprint density at radius 1 is 1.40 bits per heavy atom. The van der Waals surface area contributed by atoms with Gasteiger partial charge in [-0.25, -0.2) is 0 Å². The van der Waals surface area contributed by atoms with Crippen molar-refractivity contribution in [3.05, 3.63) is 62.4 Å². The summed E-state index contributed by atoms with van der Waals surface area (Å²) in [5.41, 5.74) is 0.762. The molecule has 2 aromatic rings. The summed E-state index contributed by atoms with van der Waals surface area (Å²) in [6, 6.07) is 7.74. The molecule has 100 valence electrons. The molecule has 0 radical (unpaired) electrons. The van der Waals surface area contributed by atoms with Gasteiger partial charge in [0.25, 0.3) is 0 Å². The van der Waals surface area contributed by atoms with E-state index in [1.165, 1.54) is 18.2 Å². The Morgan fingerprint density at radius 3 is 2.85 bits per heavy atom. The van der Waals surface area contributed by atoms with Gasteiger partial charge in [0.15, 0.2) is 5.75 Å². The number of nitro benzene ring substituents is 1. The van der Waals surface area contributed by atoms with Crippen molar-refractivity contribution in [2.24, 2.45) is 0 Å². The van der Waals surface area contributed by atoms with Crippen molar-refractivity contribution in [2.75, 3.05) is 0 Å². The lowest BCUT2D eigenvalue weighted by Gasteiger charge is -2.07. The van der Waals surface area contributed by atoms with Gasteiger partial charge in [-0.2, -0.15) is 5.26 Å². The summed E-state index contributed by atoms with van der Waals surface area (Å²) in [7, 11) is 0.